The van der Waals surface area contributed by atoms with Crippen molar-refractivity contribution in [1.29, 1.82) is 0 Å². The Bertz CT molecular complexity index is 1140. The van der Waals surface area contributed by atoms with Crippen LogP contribution in [0.3, 0.4) is 0 Å². The number of benzene rings is 3. The second-order valence-corrected chi connectivity index (χ2v) is 9.08. The fraction of sp³-hybridized carbons (Fsp3) is 0.300. The maximum atomic E-state index is 13.6. The van der Waals surface area contributed by atoms with Crippen LogP contribution in [0.15, 0.2) is 72.8 Å². The van der Waals surface area contributed by atoms with E-state index in [-0.39, 0.29) is 52.1 Å². The molecule has 0 aromatic heterocycles. The molecule has 1 aliphatic carbocycles. The van der Waals surface area contributed by atoms with Gasteiger partial charge >= 0.3 is 0 Å². The average Bonchev–Trinajstić information content (AvgIpc) is 3.71. The van der Waals surface area contributed by atoms with Gasteiger partial charge in [0.05, 0.1) is 7.11 Å². The molecule has 0 bridgehead atoms. The van der Waals surface area contributed by atoms with Crippen LogP contribution >= 0.6 is 0 Å². The maximum absolute atomic E-state index is 13.6. The number of rotatable bonds is 10. The number of amides is 2. The number of aryl methyl sites for hydroxylation is 2. The Morgan fingerprint density at radius 2 is 1.57 bits per heavy atom. The van der Waals surface area contributed by atoms with Crippen LogP contribution in [0, 0.1) is 14.4 Å². The van der Waals surface area contributed by atoms with E-state index in [2.05, 4.69) is 5.32 Å². The number of ether oxygens (including phenoxy) is 1. The number of aromatic hydroxyl groups is 1. The minimum absolute atomic E-state index is 0. The molecule has 4 rings (SSSR count). The molecule has 2 amide bonds. The Morgan fingerprint density at radius 1 is 0.973 bits per heavy atom. The topological polar surface area (TPSA) is 78.9 Å². The molecular weight excluding hydrogens is 636 g/mol. The second kappa shape index (κ2) is 14.0. The smallest absolute Gasteiger partial charge is 0.247 e. The summed E-state index contributed by atoms with van der Waals surface area (Å²) < 4.78 is 5.29. The minimum atomic E-state index is -0.717. The summed E-state index contributed by atoms with van der Waals surface area (Å²) in [6.45, 7) is 2.42. The van der Waals surface area contributed by atoms with E-state index in [1.54, 1.807) is 24.1 Å². The van der Waals surface area contributed by atoms with Crippen molar-refractivity contribution in [3.8, 4) is 11.5 Å². The average molecular weight is 671 g/mol. The van der Waals surface area contributed by atoms with Gasteiger partial charge in [0, 0.05) is 40.1 Å². The third-order valence-electron chi connectivity index (χ3n) is 6.34. The van der Waals surface area contributed by atoms with Crippen LogP contribution in [0.1, 0.15) is 47.6 Å². The van der Waals surface area contributed by atoms with Crippen LogP contribution in [-0.4, -0.2) is 35.0 Å². The zero-order chi connectivity index (χ0) is 24.8. The number of hydrogen-bond donors (Lipinski definition) is 2. The number of carbonyl (C=O) groups excluding carboxylic acids is 2. The predicted octanol–water partition coefficient (Wildman–Crippen LogP) is 5.14. The fourth-order valence-electron chi connectivity index (χ4n) is 4.17. The molecule has 0 heterocycles. The van der Waals surface area contributed by atoms with Gasteiger partial charge in [0.15, 0.2) is 0 Å². The van der Waals surface area contributed by atoms with Crippen LogP contribution in [0.5, 0.6) is 11.5 Å². The van der Waals surface area contributed by atoms with Gasteiger partial charge in [-0.3, -0.25) is 9.59 Å². The SMILES string of the molecule is COc1ccc(C(C(=O)NCc2ccc(C)cc2)N(C(=O)CCc2ccc(O)cc2)C2CC2)cc1.[CH3-].[W]. The first-order valence-corrected chi connectivity index (χ1v) is 12.0. The summed E-state index contributed by atoms with van der Waals surface area (Å²) in [5.41, 5.74) is 3.90. The Labute approximate surface area is 234 Å². The van der Waals surface area contributed by atoms with E-state index in [0.717, 1.165) is 35.1 Å². The van der Waals surface area contributed by atoms with E-state index in [0.29, 0.717) is 25.1 Å². The van der Waals surface area contributed by atoms with Crippen molar-refractivity contribution in [3.05, 3.63) is 102 Å². The molecule has 0 spiro atoms. The van der Waals surface area contributed by atoms with Crippen LogP contribution in [0.4, 0.5) is 0 Å². The van der Waals surface area contributed by atoms with E-state index in [9.17, 15) is 14.7 Å². The molecule has 196 valence electrons. The fourth-order valence-corrected chi connectivity index (χ4v) is 4.17. The summed E-state index contributed by atoms with van der Waals surface area (Å²) >= 11 is 0. The first kappa shape index (κ1) is 30.1. The molecule has 37 heavy (non-hydrogen) atoms. The number of hydrogen-bond acceptors (Lipinski definition) is 4. The van der Waals surface area contributed by atoms with Crippen LogP contribution in [0.2, 0.25) is 0 Å². The molecule has 6 nitrogen and oxygen atoms in total. The van der Waals surface area contributed by atoms with Gasteiger partial charge in [-0.15, -0.1) is 0 Å². The van der Waals surface area contributed by atoms with Crippen LogP contribution in [0.25, 0.3) is 0 Å². The summed E-state index contributed by atoms with van der Waals surface area (Å²) in [7, 11) is 1.60. The van der Waals surface area contributed by atoms with E-state index in [1.807, 2.05) is 67.6 Å². The van der Waals surface area contributed by atoms with Crippen molar-refractivity contribution in [2.75, 3.05) is 7.11 Å². The summed E-state index contributed by atoms with van der Waals surface area (Å²) in [4.78, 5) is 28.8. The Balaban J connectivity index is 0.00000241. The van der Waals surface area contributed by atoms with Crippen molar-refractivity contribution in [2.24, 2.45) is 0 Å². The van der Waals surface area contributed by atoms with Crippen molar-refractivity contribution in [1.82, 2.24) is 10.2 Å². The van der Waals surface area contributed by atoms with Gasteiger partial charge in [0.25, 0.3) is 0 Å². The molecule has 2 N–H and O–H groups in total. The Hall–Kier alpha value is -3.11. The molecule has 1 unspecified atom stereocenters. The van der Waals surface area contributed by atoms with Gasteiger partial charge in [-0.2, -0.15) is 0 Å². The molecule has 0 saturated heterocycles. The second-order valence-electron chi connectivity index (χ2n) is 9.08. The monoisotopic (exact) mass is 671 g/mol. The Kier molecular flexibility index (Phi) is 11.4. The first-order valence-electron chi connectivity index (χ1n) is 12.0. The van der Waals surface area contributed by atoms with Gasteiger partial charge < -0.3 is 27.5 Å². The third-order valence-corrected chi connectivity index (χ3v) is 6.34. The number of phenols is 1. The summed E-state index contributed by atoms with van der Waals surface area (Å²) in [5, 5.41) is 12.6. The van der Waals surface area contributed by atoms with E-state index in [4.69, 9.17) is 4.74 Å². The van der Waals surface area contributed by atoms with Gasteiger partial charge in [0.2, 0.25) is 11.8 Å². The van der Waals surface area contributed by atoms with Crippen LogP contribution in [-0.2, 0) is 43.6 Å². The molecule has 7 heteroatoms. The number of carbonyl (C=O) groups is 2. The van der Waals surface area contributed by atoms with E-state index < -0.39 is 6.04 Å². The number of methoxy groups -OCH3 is 1. The van der Waals surface area contributed by atoms with Gasteiger partial charge in [-0.25, -0.2) is 0 Å². The number of nitrogens with zero attached hydrogens (tertiary/aromatic N) is 1. The van der Waals surface area contributed by atoms with Crippen molar-refractivity contribution in [3.63, 3.8) is 0 Å². The third kappa shape index (κ3) is 8.19. The zero-order valence-electron chi connectivity index (χ0n) is 21.6. The van der Waals surface area contributed by atoms with E-state index in [1.165, 1.54) is 0 Å². The van der Waals surface area contributed by atoms with E-state index >= 15 is 0 Å². The molecule has 3 aromatic carbocycles. The standard InChI is InChI=1S/C29H32N2O4.CH3.W/c1-20-3-5-22(6-4-20)19-30-29(34)28(23-10-16-26(35-2)17-11-23)31(24-12-13-24)27(33)18-9-21-7-14-25(32)15-8-21;;/h3-8,10-11,14-17,24,28,32H,9,12-13,18-19H2,1-2H3,(H,30,34);1H3;/q;-1;. The normalized spacial score (nSPS) is 12.9. The summed E-state index contributed by atoms with van der Waals surface area (Å²) in [6.07, 6.45) is 2.62. The molecule has 0 radical (unpaired) electrons. The summed E-state index contributed by atoms with van der Waals surface area (Å²) in [5.74, 6) is 0.654. The molecule has 3 aromatic rings. The van der Waals surface area contributed by atoms with Crippen molar-refractivity contribution < 1.29 is 40.5 Å². The molecular formula is C30H35N2O4W-. The number of nitrogens with one attached hydrogen (secondary N) is 1. The quantitative estimate of drug-likeness (QED) is 0.293. The molecule has 1 atom stereocenters. The molecule has 1 saturated carbocycles. The number of phenolic OH excluding ortho intramolecular Hbond substituents is 1. The summed E-state index contributed by atoms with van der Waals surface area (Å²) in [6, 6.07) is 21.6. The van der Waals surface area contributed by atoms with Gasteiger partial charge in [-0.05, 0) is 67.1 Å². The first-order chi connectivity index (χ1) is 16.9. The molecule has 1 fully saturated rings. The van der Waals surface area contributed by atoms with Crippen molar-refractivity contribution in [2.45, 2.75) is 51.2 Å². The largest absolute Gasteiger partial charge is 0.508 e. The van der Waals surface area contributed by atoms with Crippen LogP contribution < -0.4 is 10.1 Å². The Morgan fingerprint density at radius 3 is 2.14 bits per heavy atom. The predicted molar refractivity (Wildman–Crippen MR) is 141 cm³/mol. The van der Waals surface area contributed by atoms with Gasteiger partial charge in [0.1, 0.15) is 17.5 Å². The minimum Gasteiger partial charge on any atom is -0.508 e. The molecule has 0 aliphatic heterocycles. The molecule has 1 aliphatic rings. The zero-order valence-corrected chi connectivity index (χ0v) is 24.6. The van der Waals surface area contributed by atoms with Crippen molar-refractivity contribution >= 4 is 11.8 Å². The maximum Gasteiger partial charge on any atom is 0.247 e. The van der Waals surface area contributed by atoms with Gasteiger partial charge in [-0.1, -0.05) is 54.1 Å².